The van der Waals surface area contributed by atoms with Crippen molar-refractivity contribution in [2.75, 3.05) is 0 Å². The molecule has 0 atom stereocenters. The van der Waals surface area contributed by atoms with Crippen LogP contribution in [0.15, 0.2) is 157 Å². The average Bonchev–Trinajstić information content (AvgIpc) is 3.43. The van der Waals surface area contributed by atoms with Crippen molar-refractivity contribution in [2.45, 2.75) is 0 Å². The highest BCUT2D eigenvalue weighted by molar-refractivity contribution is 6.30. The van der Waals surface area contributed by atoms with Gasteiger partial charge in [0.1, 0.15) is 0 Å². The van der Waals surface area contributed by atoms with E-state index in [4.69, 9.17) is 10.4 Å². The number of hydrogen-bond acceptors (Lipinski definition) is 2. The van der Waals surface area contributed by atoms with Gasteiger partial charge in [0.25, 0.3) is 0 Å². The van der Waals surface area contributed by atoms with Crippen LogP contribution >= 0.6 is 0 Å². The molecule has 10 rings (SSSR count). The Labute approximate surface area is 275 Å². The van der Waals surface area contributed by atoms with Crippen LogP contribution in [0.1, 0.15) is 5.56 Å². The summed E-state index contributed by atoms with van der Waals surface area (Å²) in [5.41, 5.74) is 12.3. The van der Waals surface area contributed by atoms with Gasteiger partial charge in [-0.2, -0.15) is 4.99 Å². The zero-order valence-corrected chi connectivity index (χ0v) is 25.8. The summed E-state index contributed by atoms with van der Waals surface area (Å²) < 4.78 is 2.35. The molecule has 0 fully saturated rings. The molecule has 9 aromatic rings. The van der Waals surface area contributed by atoms with Crippen molar-refractivity contribution in [3.05, 3.63) is 163 Å². The van der Waals surface area contributed by atoms with Gasteiger partial charge in [-0.05, 0) is 75.5 Å². The van der Waals surface area contributed by atoms with Crippen LogP contribution in [0.4, 0.5) is 0 Å². The Balaban J connectivity index is 1.12. The lowest BCUT2D eigenvalue weighted by Gasteiger charge is -2.13. The van der Waals surface area contributed by atoms with E-state index in [0.717, 1.165) is 33.4 Å². The average molecular weight is 614 g/mol. The van der Waals surface area contributed by atoms with Gasteiger partial charge < -0.3 is 9.55 Å². The van der Waals surface area contributed by atoms with Crippen LogP contribution in [-0.4, -0.2) is 20.4 Å². The molecule has 1 aliphatic carbocycles. The molecule has 5 nitrogen and oxygen atoms in total. The van der Waals surface area contributed by atoms with E-state index in [9.17, 15) is 0 Å². The van der Waals surface area contributed by atoms with Crippen molar-refractivity contribution in [3.63, 3.8) is 0 Å². The predicted octanol–water partition coefficient (Wildman–Crippen LogP) is 10.1. The minimum atomic E-state index is 0.144. The maximum absolute atomic E-state index is 8.94. The number of amidine groups is 1. The Morgan fingerprint density at radius 3 is 2.04 bits per heavy atom. The lowest BCUT2D eigenvalue weighted by molar-refractivity contribution is 1.05. The molecule has 0 aliphatic heterocycles. The van der Waals surface area contributed by atoms with E-state index in [1.165, 1.54) is 49.3 Å². The fourth-order valence-corrected chi connectivity index (χ4v) is 7.53. The van der Waals surface area contributed by atoms with Gasteiger partial charge >= 0.3 is 0 Å². The van der Waals surface area contributed by atoms with E-state index in [1.807, 2.05) is 60.7 Å². The molecule has 2 N–H and O–H groups in total. The molecule has 0 spiro atoms. The summed E-state index contributed by atoms with van der Waals surface area (Å²) in [7, 11) is 0. The lowest BCUT2D eigenvalue weighted by Crippen LogP contribution is -2.17. The Bertz CT molecular complexity index is 2840. The maximum Gasteiger partial charge on any atom is 0.229 e. The number of aromatic amines is 1. The number of benzene rings is 7. The second kappa shape index (κ2) is 10.2. The Morgan fingerprint density at radius 1 is 0.562 bits per heavy atom. The van der Waals surface area contributed by atoms with E-state index in [-0.39, 0.29) is 5.84 Å². The van der Waals surface area contributed by atoms with E-state index < -0.39 is 0 Å². The first-order valence-corrected chi connectivity index (χ1v) is 16.1. The van der Waals surface area contributed by atoms with Crippen LogP contribution < -0.4 is 5.62 Å². The molecule has 7 aromatic carbocycles. The molecule has 224 valence electrons. The first-order valence-electron chi connectivity index (χ1n) is 16.1. The van der Waals surface area contributed by atoms with Crippen molar-refractivity contribution in [2.24, 2.45) is 4.99 Å². The Morgan fingerprint density at radius 2 is 1.23 bits per heavy atom. The van der Waals surface area contributed by atoms with Crippen molar-refractivity contribution in [3.8, 4) is 39.2 Å². The summed E-state index contributed by atoms with van der Waals surface area (Å²) in [4.78, 5) is 12.8. The number of para-hydroxylation sites is 1. The number of aromatic nitrogens is 3. The SMILES string of the molecule is N=C(N=c1nc(-c2ccccc2)c2ccccc2[nH]1)c1ccc(-n2c3cccc4c3c3c5c(cccc5ccc32)-c2ccccc2-4)cc1. The topological polar surface area (TPSA) is 69.8 Å². The minimum Gasteiger partial charge on any atom is -0.323 e. The molecule has 0 saturated heterocycles. The summed E-state index contributed by atoms with van der Waals surface area (Å²) >= 11 is 0. The summed E-state index contributed by atoms with van der Waals surface area (Å²) in [6.45, 7) is 0. The monoisotopic (exact) mass is 613 g/mol. The number of hydrogen-bond donors (Lipinski definition) is 2. The van der Waals surface area contributed by atoms with Gasteiger partial charge in [-0.25, -0.2) is 4.98 Å². The van der Waals surface area contributed by atoms with Crippen LogP contribution in [0, 0.1) is 5.41 Å². The number of H-pyrrole nitrogens is 1. The molecule has 0 amide bonds. The van der Waals surface area contributed by atoms with Crippen LogP contribution in [0.2, 0.25) is 0 Å². The number of nitrogens with one attached hydrogen (secondary N) is 2. The fourth-order valence-electron chi connectivity index (χ4n) is 7.53. The van der Waals surface area contributed by atoms with Crippen LogP contribution in [0.25, 0.3) is 82.7 Å². The van der Waals surface area contributed by atoms with Crippen LogP contribution in [-0.2, 0) is 0 Å². The van der Waals surface area contributed by atoms with Crippen LogP contribution in [0.3, 0.4) is 0 Å². The highest BCUT2D eigenvalue weighted by Gasteiger charge is 2.24. The zero-order valence-electron chi connectivity index (χ0n) is 25.8. The van der Waals surface area contributed by atoms with Crippen molar-refractivity contribution in [1.29, 1.82) is 5.41 Å². The van der Waals surface area contributed by atoms with E-state index in [1.54, 1.807) is 0 Å². The first-order chi connectivity index (χ1) is 23.7. The van der Waals surface area contributed by atoms with Crippen molar-refractivity contribution < 1.29 is 0 Å². The molecule has 2 aromatic heterocycles. The fraction of sp³-hybridized carbons (Fsp3) is 0. The maximum atomic E-state index is 8.94. The number of rotatable bonds is 3. The predicted molar refractivity (Wildman–Crippen MR) is 197 cm³/mol. The van der Waals surface area contributed by atoms with Crippen molar-refractivity contribution in [1.82, 2.24) is 14.5 Å². The number of nitrogens with zero attached hydrogens (tertiary/aromatic N) is 3. The third-order valence-electron chi connectivity index (χ3n) is 9.62. The molecule has 0 saturated carbocycles. The standard InChI is InChI=1S/C43H27N5/c44-42(47-43-45-35-18-7-6-15-34(35)41(46-43)27-10-2-1-3-11-27)28-20-23-29(24-21-28)48-36-19-9-17-33-31-14-5-4-13-30(31)32-16-8-12-26-22-25-37(48)40(38(26)32)39(33)36/h1-25H,(H2,44,45,46,47). The summed E-state index contributed by atoms with van der Waals surface area (Å²) in [5, 5.41) is 15.0. The third-order valence-corrected chi connectivity index (χ3v) is 9.62. The Hall–Kier alpha value is -6.59. The molecule has 0 bridgehead atoms. The van der Waals surface area contributed by atoms with Crippen molar-refractivity contribution >= 4 is 49.3 Å². The second-order valence-electron chi connectivity index (χ2n) is 12.3. The van der Waals surface area contributed by atoms with E-state index >= 15 is 0 Å². The molecular weight excluding hydrogens is 587 g/mol. The van der Waals surface area contributed by atoms with Crippen LogP contribution in [0.5, 0.6) is 0 Å². The molecule has 2 heterocycles. The summed E-state index contributed by atoms with van der Waals surface area (Å²) in [6.07, 6.45) is 0. The minimum absolute atomic E-state index is 0.144. The molecule has 5 heteroatoms. The molecule has 1 aliphatic rings. The largest absolute Gasteiger partial charge is 0.323 e. The van der Waals surface area contributed by atoms with Gasteiger partial charge in [-0.3, -0.25) is 5.41 Å². The smallest absolute Gasteiger partial charge is 0.229 e. The lowest BCUT2D eigenvalue weighted by atomic mass is 9.93. The first kappa shape index (κ1) is 26.6. The van der Waals surface area contributed by atoms with Gasteiger partial charge in [0.15, 0.2) is 5.84 Å². The van der Waals surface area contributed by atoms with Gasteiger partial charge in [-0.1, -0.05) is 109 Å². The third kappa shape index (κ3) is 3.88. The molecule has 0 unspecified atom stereocenters. The normalized spacial score (nSPS) is 12.4. The molecule has 48 heavy (non-hydrogen) atoms. The Kier molecular flexibility index (Phi) is 5.66. The van der Waals surface area contributed by atoms with Gasteiger partial charge in [-0.15, -0.1) is 0 Å². The second-order valence-corrected chi connectivity index (χ2v) is 12.3. The molecule has 0 radical (unpaired) electrons. The summed E-state index contributed by atoms with van der Waals surface area (Å²) in [5.74, 6) is 0.144. The van der Waals surface area contributed by atoms with Gasteiger partial charge in [0.05, 0.1) is 22.2 Å². The van der Waals surface area contributed by atoms with E-state index in [0.29, 0.717) is 11.2 Å². The zero-order chi connectivity index (χ0) is 31.8. The van der Waals surface area contributed by atoms with Gasteiger partial charge in [0, 0.05) is 33.0 Å². The quantitative estimate of drug-likeness (QED) is 0.151. The van der Waals surface area contributed by atoms with Gasteiger partial charge in [0.2, 0.25) is 5.62 Å². The van der Waals surface area contributed by atoms with E-state index in [2.05, 4.69) is 106 Å². The molecular formula is C43H27N5. The highest BCUT2D eigenvalue weighted by Crippen LogP contribution is 2.49. The highest BCUT2D eigenvalue weighted by atomic mass is 15.0. The number of fused-ring (bicyclic) bond motifs is 4. The summed E-state index contributed by atoms with van der Waals surface area (Å²) in [6, 6.07) is 52.8.